The Morgan fingerprint density at radius 2 is 2.12 bits per heavy atom. The summed E-state index contributed by atoms with van der Waals surface area (Å²) in [6.45, 7) is 0. The summed E-state index contributed by atoms with van der Waals surface area (Å²) in [6, 6.07) is 0.431. The molecule has 0 bridgehead atoms. The second kappa shape index (κ2) is 5.22. The average molecular weight is 237 g/mol. The molecule has 3 N–H and O–H groups in total. The molecule has 0 aliphatic heterocycles. The Hall–Kier alpha value is -1.21. The monoisotopic (exact) mass is 237 g/mol. The van der Waals surface area contributed by atoms with Gasteiger partial charge in [0.15, 0.2) is 0 Å². The van der Waals surface area contributed by atoms with E-state index in [2.05, 4.69) is 10.4 Å². The maximum Gasteiger partial charge on any atom is 0.389 e. The zero-order chi connectivity index (χ0) is 12.2. The highest BCUT2D eigenvalue weighted by Gasteiger charge is 2.29. The number of rotatable bonds is 4. The minimum atomic E-state index is -4.28. The molecular weight excluding hydrogens is 226 g/mol. The maximum absolute atomic E-state index is 13.2. The predicted octanol–water partition coefficient (Wildman–Crippen LogP) is 2.07. The number of alkyl halides is 3. The van der Waals surface area contributed by atoms with Gasteiger partial charge >= 0.3 is 6.18 Å². The smallest absolute Gasteiger partial charge is 0.271 e. The molecule has 1 heterocycles. The largest absolute Gasteiger partial charge is 0.389 e. The van der Waals surface area contributed by atoms with Crippen LogP contribution in [0.5, 0.6) is 0 Å². The molecule has 0 saturated heterocycles. The lowest BCUT2D eigenvalue weighted by Crippen LogP contribution is -2.29. The molecule has 1 unspecified atom stereocenters. The van der Waals surface area contributed by atoms with Crippen LogP contribution in [0.2, 0.25) is 0 Å². The molecule has 90 valence electrons. The highest BCUT2D eigenvalue weighted by molar-refractivity contribution is 5.17. The lowest BCUT2D eigenvalue weighted by Gasteiger charge is -2.17. The van der Waals surface area contributed by atoms with E-state index in [1.165, 1.54) is 12.3 Å². The fourth-order valence-corrected chi connectivity index (χ4v) is 1.31. The third kappa shape index (κ3) is 3.74. The lowest BCUT2D eigenvalue weighted by atomic mass is 10.0. The highest BCUT2D eigenvalue weighted by Crippen LogP contribution is 2.27. The highest BCUT2D eigenvalue weighted by atomic mass is 19.4. The van der Waals surface area contributed by atoms with E-state index in [4.69, 9.17) is 5.84 Å². The van der Waals surface area contributed by atoms with Gasteiger partial charge in [-0.3, -0.25) is 16.3 Å². The minimum Gasteiger partial charge on any atom is -0.271 e. The van der Waals surface area contributed by atoms with Crippen LogP contribution in [0.4, 0.5) is 17.6 Å². The first-order valence-corrected chi connectivity index (χ1v) is 4.56. The number of hydrogen-bond donors (Lipinski definition) is 2. The van der Waals surface area contributed by atoms with Gasteiger partial charge in [-0.15, -0.1) is 0 Å². The van der Waals surface area contributed by atoms with Crippen molar-refractivity contribution < 1.29 is 17.6 Å². The Morgan fingerprint density at radius 1 is 1.44 bits per heavy atom. The van der Waals surface area contributed by atoms with Gasteiger partial charge in [-0.2, -0.15) is 13.2 Å². The molecule has 7 heteroatoms. The van der Waals surface area contributed by atoms with E-state index in [0.717, 1.165) is 6.20 Å². The summed E-state index contributed by atoms with van der Waals surface area (Å²) in [5, 5.41) is 0. The van der Waals surface area contributed by atoms with Gasteiger partial charge in [-0.1, -0.05) is 0 Å². The second-order valence-electron chi connectivity index (χ2n) is 3.27. The van der Waals surface area contributed by atoms with Crippen molar-refractivity contribution in [2.45, 2.75) is 25.1 Å². The van der Waals surface area contributed by atoms with Crippen molar-refractivity contribution in [3.05, 3.63) is 29.8 Å². The van der Waals surface area contributed by atoms with Crippen molar-refractivity contribution in [2.75, 3.05) is 0 Å². The fraction of sp³-hybridized carbons (Fsp3) is 0.444. The van der Waals surface area contributed by atoms with Crippen molar-refractivity contribution in [3.63, 3.8) is 0 Å². The number of pyridine rings is 1. The first-order chi connectivity index (χ1) is 7.44. The van der Waals surface area contributed by atoms with Gasteiger partial charge in [-0.05, 0) is 12.5 Å². The van der Waals surface area contributed by atoms with Gasteiger partial charge < -0.3 is 0 Å². The third-order valence-corrected chi connectivity index (χ3v) is 2.10. The lowest BCUT2D eigenvalue weighted by molar-refractivity contribution is -0.136. The number of nitrogens with zero attached hydrogens (tertiary/aromatic N) is 1. The van der Waals surface area contributed by atoms with Crippen molar-refractivity contribution in [1.82, 2.24) is 10.4 Å². The van der Waals surface area contributed by atoms with Gasteiger partial charge in [0.1, 0.15) is 5.82 Å². The first kappa shape index (κ1) is 12.9. The number of halogens is 4. The summed E-state index contributed by atoms with van der Waals surface area (Å²) in [6.07, 6.45) is -3.38. The summed E-state index contributed by atoms with van der Waals surface area (Å²) in [5.41, 5.74) is 2.25. The molecule has 0 aromatic carbocycles. The molecule has 0 aliphatic carbocycles. The Kier molecular flexibility index (Phi) is 4.19. The molecule has 0 aliphatic rings. The number of hydrogen-bond acceptors (Lipinski definition) is 3. The van der Waals surface area contributed by atoms with Crippen LogP contribution in [-0.2, 0) is 0 Å². The zero-order valence-electron chi connectivity index (χ0n) is 8.26. The van der Waals surface area contributed by atoms with Gasteiger partial charge in [0.05, 0.1) is 6.20 Å². The quantitative estimate of drug-likeness (QED) is 0.479. The number of aromatic nitrogens is 1. The van der Waals surface area contributed by atoms with E-state index in [1.807, 2.05) is 0 Å². The van der Waals surface area contributed by atoms with Gasteiger partial charge in [0, 0.05) is 24.2 Å². The van der Waals surface area contributed by atoms with Crippen LogP contribution >= 0.6 is 0 Å². The molecule has 1 rings (SSSR count). The maximum atomic E-state index is 13.2. The molecule has 1 atom stereocenters. The molecule has 1 aromatic rings. The van der Waals surface area contributed by atoms with Gasteiger partial charge in [0.25, 0.3) is 0 Å². The molecule has 0 saturated carbocycles. The topological polar surface area (TPSA) is 50.9 Å². The molecular formula is C9H11F4N3. The zero-order valence-corrected chi connectivity index (χ0v) is 8.26. The molecule has 16 heavy (non-hydrogen) atoms. The average Bonchev–Trinajstić information content (AvgIpc) is 2.20. The second-order valence-corrected chi connectivity index (χ2v) is 3.27. The van der Waals surface area contributed by atoms with Crippen LogP contribution in [0, 0.1) is 5.82 Å². The Balaban J connectivity index is 2.72. The summed E-state index contributed by atoms with van der Waals surface area (Å²) < 4.78 is 49.2. The van der Waals surface area contributed by atoms with E-state index in [1.54, 1.807) is 0 Å². The molecule has 0 amide bonds. The predicted molar refractivity (Wildman–Crippen MR) is 49.5 cm³/mol. The van der Waals surface area contributed by atoms with Crippen LogP contribution in [0.3, 0.4) is 0 Å². The minimum absolute atomic E-state index is 0.0850. The van der Waals surface area contributed by atoms with Crippen LogP contribution < -0.4 is 11.3 Å². The molecule has 1 aromatic heterocycles. The summed E-state index contributed by atoms with van der Waals surface area (Å²) in [5.74, 6) is 4.43. The number of nitrogens with two attached hydrogens (primary N) is 1. The fourth-order valence-electron chi connectivity index (χ4n) is 1.31. The van der Waals surface area contributed by atoms with Crippen LogP contribution in [0.15, 0.2) is 18.5 Å². The Bertz CT molecular complexity index is 340. The van der Waals surface area contributed by atoms with Crippen LogP contribution in [0.25, 0.3) is 0 Å². The van der Waals surface area contributed by atoms with Crippen molar-refractivity contribution in [1.29, 1.82) is 0 Å². The third-order valence-electron chi connectivity index (χ3n) is 2.10. The Morgan fingerprint density at radius 3 is 2.62 bits per heavy atom. The summed E-state index contributed by atoms with van der Waals surface area (Å²) >= 11 is 0. The van der Waals surface area contributed by atoms with Crippen molar-refractivity contribution >= 4 is 0 Å². The number of hydrazine groups is 1. The van der Waals surface area contributed by atoms with Gasteiger partial charge in [0.2, 0.25) is 0 Å². The summed E-state index contributed by atoms with van der Waals surface area (Å²) in [7, 11) is 0. The van der Waals surface area contributed by atoms with E-state index in [0.29, 0.717) is 0 Å². The first-order valence-electron chi connectivity index (χ1n) is 4.56. The van der Waals surface area contributed by atoms with E-state index in [9.17, 15) is 17.6 Å². The molecule has 0 fully saturated rings. The van der Waals surface area contributed by atoms with Gasteiger partial charge in [-0.25, -0.2) is 4.39 Å². The standard InChI is InChI=1S/C9H11F4N3/c10-7-5-15-4-2-6(7)8(16-14)1-3-9(11,12)13/h2,4-5,8,16H,1,3,14H2. The van der Waals surface area contributed by atoms with Crippen LogP contribution in [-0.4, -0.2) is 11.2 Å². The normalized spacial score (nSPS) is 13.8. The SMILES string of the molecule is NNC(CCC(F)(F)F)c1ccncc1F. The molecule has 0 spiro atoms. The van der Waals surface area contributed by atoms with Crippen molar-refractivity contribution in [2.24, 2.45) is 5.84 Å². The van der Waals surface area contributed by atoms with Crippen LogP contribution in [0.1, 0.15) is 24.4 Å². The Labute approximate surface area is 89.6 Å². The molecule has 0 radical (unpaired) electrons. The van der Waals surface area contributed by atoms with E-state index < -0.39 is 24.5 Å². The molecule has 3 nitrogen and oxygen atoms in total. The summed E-state index contributed by atoms with van der Waals surface area (Å²) in [4.78, 5) is 3.50. The van der Waals surface area contributed by atoms with E-state index >= 15 is 0 Å². The van der Waals surface area contributed by atoms with Crippen molar-refractivity contribution in [3.8, 4) is 0 Å². The van der Waals surface area contributed by atoms with E-state index in [-0.39, 0.29) is 12.0 Å². The number of nitrogens with one attached hydrogen (secondary N) is 1.